The van der Waals surface area contributed by atoms with Crippen molar-refractivity contribution in [2.45, 2.75) is 6.42 Å². The van der Waals surface area contributed by atoms with E-state index in [4.69, 9.17) is 0 Å². The number of rotatable bonds is 0. The molecule has 0 bridgehead atoms. The fraction of sp³-hybridized carbons (Fsp3) is 0.0370. The monoisotopic (exact) mass is 392 g/mol. The highest BCUT2D eigenvalue weighted by atomic mass is 14.4. The molecule has 0 fully saturated rings. The molecule has 0 atom stereocenters. The van der Waals surface area contributed by atoms with Crippen LogP contribution in [-0.2, 0) is 0 Å². The van der Waals surface area contributed by atoms with Gasteiger partial charge >= 0.3 is 0 Å². The van der Waals surface area contributed by atoms with E-state index in [0.29, 0.717) is 17.6 Å². The highest BCUT2D eigenvalue weighted by Crippen LogP contribution is 2.53. The Labute approximate surface area is 179 Å². The first-order valence-corrected chi connectivity index (χ1v) is 9.69. The minimum atomic E-state index is 0.0696. The van der Waals surface area contributed by atoms with Crippen LogP contribution in [0.4, 0.5) is 0 Å². The standard InChI is InChI=1S/C27H12N4/c28-12-16(13-29)26-20-8-3-1-2-6-18(20)22-10-25-23(11-24(22)26)19-7-4-5-9-21(19)27(25)17(14-30)15-31/h1-2,4-11H,3H2. The summed E-state index contributed by atoms with van der Waals surface area (Å²) in [7, 11) is 0. The smallest absolute Gasteiger partial charge is 0.138 e. The second-order valence-corrected chi connectivity index (χ2v) is 7.30. The Balaban J connectivity index is 1.94. The van der Waals surface area contributed by atoms with Gasteiger partial charge in [-0.3, -0.25) is 0 Å². The summed E-state index contributed by atoms with van der Waals surface area (Å²) in [6.07, 6.45) is 8.72. The number of benzene rings is 2. The third kappa shape index (κ3) is 2.44. The zero-order chi connectivity index (χ0) is 21.5. The Morgan fingerprint density at radius 3 is 1.97 bits per heavy atom. The lowest BCUT2D eigenvalue weighted by Crippen LogP contribution is -1.91. The zero-order valence-corrected chi connectivity index (χ0v) is 16.3. The highest BCUT2D eigenvalue weighted by Gasteiger charge is 2.34. The molecule has 0 aliphatic heterocycles. The van der Waals surface area contributed by atoms with Gasteiger partial charge in [0.25, 0.3) is 0 Å². The number of fused-ring (bicyclic) bond motifs is 6. The topological polar surface area (TPSA) is 95.2 Å². The predicted molar refractivity (Wildman–Crippen MR) is 117 cm³/mol. The van der Waals surface area contributed by atoms with Crippen LogP contribution >= 0.6 is 0 Å². The fourth-order valence-corrected chi connectivity index (χ4v) is 4.60. The maximum absolute atomic E-state index is 9.63. The molecule has 0 spiro atoms. The Hall–Kier alpha value is -4.90. The summed E-state index contributed by atoms with van der Waals surface area (Å²) in [6.45, 7) is 0. The van der Waals surface area contributed by atoms with E-state index in [9.17, 15) is 21.0 Å². The summed E-state index contributed by atoms with van der Waals surface area (Å²) in [5.74, 6) is 0. The average Bonchev–Trinajstić information content (AvgIpc) is 3.14. The number of nitrogens with zero attached hydrogens (tertiary/aromatic N) is 4. The van der Waals surface area contributed by atoms with E-state index in [0.717, 1.165) is 44.5 Å². The largest absolute Gasteiger partial charge is 0.192 e. The first-order chi connectivity index (χ1) is 15.2. The van der Waals surface area contributed by atoms with Crippen molar-refractivity contribution in [2.75, 3.05) is 0 Å². The molecule has 3 aliphatic rings. The van der Waals surface area contributed by atoms with Crippen LogP contribution in [0.25, 0.3) is 27.8 Å². The molecule has 5 rings (SSSR count). The van der Waals surface area contributed by atoms with Gasteiger partial charge < -0.3 is 0 Å². The second kappa shape index (κ2) is 6.86. The van der Waals surface area contributed by atoms with E-state index in [-0.39, 0.29) is 11.1 Å². The van der Waals surface area contributed by atoms with Crippen LogP contribution in [0.3, 0.4) is 0 Å². The van der Waals surface area contributed by atoms with Crippen LogP contribution in [0, 0.1) is 45.3 Å². The number of hydrogen-bond acceptors (Lipinski definition) is 4. The fourth-order valence-electron chi connectivity index (χ4n) is 4.60. The third-order valence-corrected chi connectivity index (χ3v) is 5.84. The van der Waals surface area contributed by atoms with Crippen molar-refractivity contribution in [3.05, 3.63) is 99.7 Å². The van der Waals surface area contributed by atoms with E-state index in [2.05, 4.69) is 12.1 Å². The molecule has 0 aromatic heterocycles. The van der Waals surface area contributed by atoms with Crippen molar-refractivity contribution < 1.29 is 0 Å². The number of allylic oxidation sites excluding steroid dienone is 9. The zero-order valence-electron chi connectivity index (χ0n) is 16.3. The van der Waals surface area contributed by atoms with Crippen LogP contribution in [0.15, 0.2) is 77.4 Å². The summed E-state index contributed by atoms with van der Waals surface area (Å²) in [5, 5.41) is 38.5. The maximum atomic E-state index is 9.63. The predicted octanol–water partition coefficient (Wildman–Crippen LogP) is 5.60. The molecule has 0 unspecified atom stereocenters. The summed E-state index contributed by atoms with van der Waals surface area (Å²) in [4.78, 5) is 0. The normalized spacial score (nSPS) is 14.3. The van der Waals surface area contributed by atoms with Crippen molar-refractivity contribution in [3.63, 3.8) is 0 Å². The molecule has 2 aromatic rings. The summed E-state index contributed by atoms with van der Waals surface area (Å²) < 4.78 is 0. The van der Waals surface area contributed by atoms with Gasteiger partial charge in [-0.15, -0.1) is 0 Å². The Kier molecular flexibility index (Phi) is 4.02. The Bertz CT molecular complexity index is 1500. The van der Waals surface area contributed by atoms with Crippen molar-refractivity contribution in [1.29, 1.82) is 21.0 Å². The lowest BCUT2D eigenvalue weighted by molar-refractivity contribution is 1.39. The van der Waals surface area contributed by atoms with Crippen molar-refractivity contribution in [3.8, 4) is 35.4 Å². The molecule has 0 N–H and O–H groups in total. The molecule has 2 aromatic carbocycles. The van der Waals surface area contributed by atoms with Crippen LogP contribution in [0.5, 0.6) is 0 Å². The van der Waals surface area contributed by atoms with Crippen LogP contribution in [0.2, 0.25) is 0 Å². The maximum Gasteiger partial charge on any atom is 0.138 e. The van der Waals surface area contributed by atoms with Gasteiger partial charge in [0.15, 0.2) is 0 Å². The van der Waals surface area contributed by atoms with Crippen molar-refractivity contribution in [2.24, 2.45) is 0 Å². The van der Waals surface area contributed by atoms with Crippen molar-refractivity contribution >= 4 is 16.7 Å². The summed E-state index contributed by atoms with van der Waals surface area (Å²) >= 11 is 0. The molecule has 3 aliphatic carbocycles. The van der Waals surface area contributed by atoms with Gasteiger partial charge in [0.05, 0.1) is 0 Å². The minimum Gasteiger partial charge on any atom is -0.192 e. The number of hydrogen-bond donors (Lipinski definition) is 0. The van der Waals surface area contributed by atoms with Crippen LogP contribution in [0.1, 0.15) is 28.7 Å². The highest BCUT2D eigenvalue weighted by molar-refractivity contribution is 6.14. The van der Waals surface area contributed by atoms with Crippen LogP contribution < -0.4 is 0 Å². The van der Waals surface area contributed by atoms with Gasteiger partial charge in [-0.05, 0) is 63.1 Å². The first-order valence-electron chi connectivity index (χ1n) is 9.69. The molecule has 0 radical (unpaired) electrons. The van der Waals surface area contributed by atoms with E-state index >= 15 is 0 Å². The average molecular weight is 392 g/mol. The summed E-state index contributed by atoms with van der Waals surface area (Å²) in [6, 6.07) is 19.9. The van der Waals surface area contributed by atoms with E-state index in [1.165, 1.54) is 0 Å². The SMILES string of the molecule is N#CC(C#N)=C1C2=CCC=CC=C2c2cc3c(cc21)-c1ccccc1C3=C(C#N)C#N. The molecule has 4 nitrogen and oxygen atoms in total. The lowest BCUT2D eigenvalue weighted by Gasteiger charge is -2.08. The van der Waals surface area contributed by atoms with E-state index in [1.807, 2.05) is 72.8 Å². The molecule has 31 heavy (non-hydrogen) atoms. The molecular weight excluding hydrogens is 380 g/mol. The van der Waals surface area contributed by atoms with Gasteiger partial charge in [-0.2, -0.15) is 21.0 Å². The van der Waals surface area contributed by atoms with Gasteiger partial charge in [0, 0.05) is 11.1 Å². The van der Waals surface area contributed by atoms with Crippen LogP contribution in [-0.4, -0.2) is 0 Å². The first kappa shape index (κ1) is 18.1. The Morgan fingerprint density at radius 1 is 0.645 bits per heavy atom. The van der Waals surface area contributed by atoms with E-state index < -0.39 is 0 Å². The van der Waals surface area contributed by atoms with Gasteiger partial charge in [0.1, 0.15) is 35.4 Å². The molecule has 0 saturated heterocycles. The molecule has 0 saturated carbocycles. The molecule has 0 heterocycles. The minimum absolute atomic E-state index is 0.0696. The van der Waals surface area contributed by atoms with Crippen molar-refractivity contribution in [1.82, 2.24) is 0 Å². The quantitative estimate of drug-likeness (QED) is 0.465. The molecule has 0 amide bonds. The number of nitriles is 4. The van der Waals surface area contributed by atoms with Gasteiger partial charge in [-0.1, -0.05) is 48.6 Å². The molecule has 4 heteroatoms. The molecular formula is C27H12N4. The van der Waals surface area contributed by atoms with E-state index in [1.54, 1.807) is 0 Å². The Morgan fingerprint density at radius 2 is 1.26 bits per heavy atom. The van der Waals surface area contributed by atoms with Gasteiger partial charge in [-0.25, -0.2) is 0 Å². The summed E-state index contributed by atoms with van der Waals surface area (Å²) in [5.41, 5.74) is 8.47. The lowest BCUT2D eigenvalue weighted by atomic mass is 9.94. The second-order valence-electron chi connectivity index (χ2n) is 7.30. The molecule has 140 valence electrons. The van der Waals surface area contributed by atoms with Gasteiger partial charge in [0.2, 0.25) is 0 Å². The third-order valence-electron chi connectivity index (χ3n) is 5.84.